The number of hydrogen-bond donors (Lipinski definition) is 1. The number of hydrogen-bond acceptors (Lipinski definition) is 1. The van der Waals surface area contributed by atoms with Crippen LogP contribution in [0.15, 0.2) is 48.5 Å². The summed E-state index contributed by atoms with van der Waals surface area (Å²) in [6.07, 6.45) is 22.2. The van der Waals surface area contributed by atoms with E-state index in [9.17, 15) is 0 Å². The normalized spacial score (nSPS) is 15.7. The Labute approximate surface area is 198 Å². The maximum Gasteiger partial charge on any atom is 0.0314 e. The van der Waals surface area contributed by atoms with Crippen LogP contribution in [0.25, 0.3) is 0 Å². The van der Waals surface area contributed by atoms with E-state index in [1.807, 2.05) is 0 Å². The molecule has 0 radical (unpaired) electrons. The van der Waals surface area contributed by atoms with Crippen molar-refractivity contribution in [3.8, 4) is 0 Å². The average Bonchev–Trinajstić information content (AvgIpc) is 2.84. The maximum absolute atomic E-state index is 5.97. The Morgan fingerprint density at radius 3 is 1.72 bits per heavy atom. The van der Waals surface area contributed by atoms with Crippen molar-refractivity contribution in [2.75, 3.05) is 5.73 Å². The fourth-order valence-electron chi connectivity index (χ4n) is 5.53. The van der Waals surface area contributed by atoms with Gasteiger partial charge in [-0.25, -0.2) is 0 Å². The van der Waals surface area contributed by atoms with Crippen molar-refractivity contribution >= 4 is 5.69 Å². The number of benzene rings is 2. The molecule has 2 N–H and O–H groups in total. The molecule has 0 spiro atoms. The molecule has 3 rings (SSSR count). The molecule has 2 aromatic carbocycles. The van der Waals surface area contributed by atoms with Crippen molar-refractivity contribution in [1.29, 1.82) is 0 Å². The molecular formula is C31H47N. The maximum atomic E-state index is 5.97. The van der Waals surface area contributed by atoms with Crippen molar-refractivity contribution in [2.24, 2.45) is 0 Å². The first-order valence-corrected chi connectivity index (χ1v) is 13.7. The van der Waals surface area contributed by atoms with Gasteiger partial charge in [0.25, 0.3) is 0 Å². The topological polar surface area (TPSA) is 26.0 Å². The fraction of sp³-hybridized carbons (Fsp3) is 0.613. The molecule has 1 atom stereocenters. The minimum absolute atomic E-state index is 0.491. The third-order valence-electron chi connectivity index (χ3n) is 7.60. The molecule has 0 bridgehead atoms. The van der Waals surface area contributed by atoms with Crippen molar-refractivity contribution in [1.82, 2.24) is 0 Å². The number of nitrogens with two attached hydrogens (primary N) is 1. The molecule has 1 nitrogen and oxygen atoms in total. The Morgan fingerprint density at radius 1 is 0.656 bits per heavy atom. The molecule has 32 heavy (non-hydrogen) atoms. The fourth-order valence-corrected chi connectivity index (χ4v) is 5.53. The molecule has 1 saturated carbocycles. The van der Waals surface area contributed by atoms with Crippen molar-refractivity contribution < 1.29 is 0 Å². The van der Waals surface area contributed by atoms with Gasteiger partial charge >= 0.3 is 0 Å². The minimum atomic E-state index is 0.491. The lowest BCUT2D eigenvalue weighted by atomic mass is 9.82. The molecule has 0 aliphatic heterocycles. The number of nitrogen functional groups attached to an aromatic ring is 1. The smallest absolute Gasteiger partial charge is 0.0314 e. The van der Waals surface area contributed by atoms with Gasteiger partial charge in [0.1, 0.15) is 0 Å². The van der Waals surface area contributed by atoms with Gasteiger partial charge < -0.3 is 5.73 Å². The summed E-state index contributed by atoms with van der Waals surface area (Å²) in [6, 6.07) is 18.3. The van der Waals surface area contributed by atoms with Crippen molar-refractivity contribution in [2.45, 2.75) is 121 Å². The van der Waals surface area contributed by atoms with Gasteiger partial charge in [-0.2, -0.15) is 0 Å². The van der Waals surface area contributed by atoms with E-state index < -0.39 is 0 Å². The van der Waals surface area contributed by atoms with Crippen LogP contribution in [0, 0.1) is 0 Å². The molecule has 0 aromatic heterocycles. The first-order valence-electron chi connectivity index (χ1n) is 13.7. The van der Waals surface area contributed by atoms with Crippen LogP contribution in [-0.2, 0) is 0 Å². The Morgan fingerprint density at radius 2 is 1.16 bits per heavy atom. The monoisotopic (exact) mass is 433 g/mol. The van der Waals surface area contributed by atoms with Gasteiger partial charge in [-0.15, -0.1) is 0 Å². The highest BCUT2D eigenvalue weighted by atomic mass is 14.5. The zero-order chi connectivity index (χ0) is 22.4. The SMILES string of the molecule is CCCCCCCCCCCCC(c1ccc(N)cc1)c1ccc(C2CCCCC2)cc1. The second-order valence-electron chi connectivity index (χ2n) is 10.2. The second kappa shape index (κ2) is 14.4. The van der Waals surface area contributed by atoms with E-state index in [1.54, 1.807) is 5.56 Å². The summed E-state index contributed by atoms with van der Waals surface area (Å²) in [5.74, 6) is 1.28. The molecule has 176 valence electrons. The highest BCUT2D eigenvalue weighted by Crippen LogP contribution is 2.35. The van der Waals surface area contributed by atoms with Gasteiger partial charge in [-0.3, -0.25) is 0 Å². The third-order valence-corrected chi connectivity index (χ3v) is 7.60. The quantitative estimate of drug-likeness (QED) is 0.233. The third kappa shape index (κ3) is 8.30. The molecule has 2 aromatic rings. The van der Waals surface area contributed by atoms with Gasteiger partial charge in [0.05, 0.1) is 0 Å². The van der Waals surface area contributed by atoms with Crippen LogP contribution in [-0.4, -0.2) is 0 Å². The van der Waals surface area contributed by atoms with E-state index in [0.29, 0.717) is 5.92 Å². The molecule has 0 saturated heterocycles. The summed E-state index contributed by atoms with van der Waals surface area (Å²) in [5, 5.41) is 0. The van der Waals surface area contributed by atoms with E-state index in [-0.39, 0.29) is 0 Å². The number of unbranched alkanes of at least 4 members (excludes halogenated alkanes) is 9. The van der Waals surface area contributed by atoms with Gasteiger partial charge in [0.15, 0.2) is 0 Å². The Kier molecular flexibility index (Phi) is 11.2. The van der Waals surface area contributed by atoms with Gasteiger partial charge in [0.2, 0.25) is 0 Å². The summed E-state index contributed by atoms with van der Waals surface area (Å²) in [5.41, 5.74) is 11.3. The molecule has 1 unspecified atom stereocenters. The van der Waals surface area contributed by atoms with Gasteiger partial charge in [-0.05, 0) is 54.0 Å². The van der Waals surface area contributed by atoms with E-state index in [0.717, 1.165) is 11.6 Å². The first kappa shape index (κ1) is 24.9. The lowest BCUT2D eigenvalue weighted by molar-refractivity contribution is 0.443. The predicted octanol–water partition coefficient (Wildman–Crippen LogP) is 9.76. The zero-order valence-corrected chi connectivity index (χ0v) is 20.7. The van der Waals surface area contributed by atoms with Crippen LogP contribution in [0.5, 0.6) is 0 Å². The molecule has 1 heteroatoms. The Hall–Kier alpha value is -1.76. The minimum Gasteiger partial charge on any atom is -0.399 e. The molecule has 1 aliphatic carbocycles. The molecule has 1 fully saturated rings. The zero-order valence-electron chi connectivity index (χ0n) is 20.7. The van der Waals surface area contributed by atoms with Crippen LogP contribution >= 0.6 is 0 Å². The molecule has 0 amide bonds. The van der Waals surface area contributed by atoms with Crippen LogP contribution < -0.4 is 5.73 Å². The Bertz CT molecular complexity index is 724. The lowest BCUT2D eigenvalue weighted by Gasteiger charge is -2.23. The van der Waals surface area contributed by atoms with Gasteiger partial charge in [-0.1, -0.05) is 127 Å². The molecule has 0 heterocycles. The largest absolute Gasteiger partial charge is 0.399 e. The van der Waals surface area contributed by atoms with Crippen molar-refractivity contribution in [3.05, 3.63) is 65.2 Å². The summed E-state index contributed by atoms with van der Waals surface area (Å²) >= 11 is 0. The van der Waals surface area contributed by atoms with Crippen LogP contribution in [0.2, 0.25) is 0 Å². The Balaban J connectivity index is 1.51. The van der Waals surface area contributed by atoms with Crippen LogP contribution in [0.3, 0.4) is 0 Å². The lowest BCUT2D eigenvalue weighted by Crippen LogP contribution is -2.06. The average molecular weight is 434 g/mol. The number of rotatable bonds is 14. The predicted molar refractivity (Wildman–Crippen MR) is 141 cm³/mol. The first-order chi connectivity index (χ1) is 15.8. The van der Waals surface area contributed by atoms with E-state index in [4.69, 9.17) is 5.73 Å². The summed E-state index contributed by atoms with van der Waals surface area (Å²) in [6.45, 7) is 2.29. The van der Waals surface area contributed by atoms with Crippen molar-refractivity contribution in [3.63, 3.8) is 0 Å². The summed E-state index contributed by atoms with van der Waals surface area (Å²) < 4.78 is 0. The van der Waals surface area contributed by atoms with E-state index in [1.165, 1.54) is 114 Å². The second-order valence-corrected chi connectivity index (χ2v) is 10.2. The molecule has 1 aliphatic rings. The highest BCUT2D eigenvalue weighted by molar-refractivity contribution is 5.43. The van der Waals surface area contributed by atoms with Gasteiger partial charge in [0, 0.05) is 11.6 Å². The summed E-state index contributed by atoms with van der Waals surface area (Å²) in [7, 11) is 0. The standard InChI is InChI=1S/C31H47N/c1-2-3-4-5-6-7-8-9-10-14-17-31(29-22-24-30(32)25-23-29)28-20-18-27(19-21-28)26-15-12-11-13-16-26/h18-26,31H,2-17,32H2,1H3. The highest BCUT2D eigenvalue weighted by Gasteiger charge is 2.18. The number of anilines is 1. The van der Waals surface area contributed by atoms with E-state index in [2.05, 4.69) is 55.5 Å². The van der Waals surface area contributed by atoms with E-state index >= 15 is 0 Å². The summed E-state index contributed by atoms with van der Waals surface area (Å²) in [4.78, 5) is 0. The van der Waals surface area contributed by atoms with Crippen LogP contribution in [0.1, 0.15) is 138 Å². The van der Waals surface area contributed by atoms with Crippen LogP contribution in [0.4, 0.5) is 5.69 Å². The molecular weight excluding hydrogens is 386 g/mol.